The Kier molecular flexibility index (Phi) is 6.82. The van der Waals surface area contributed by atoms with Crippen molar-refractivity contribution in [2.75, 3.05) is 19.8 Å². The van der Waals surface area contributed by atoms with Gasteiger partial charge in [-0.05, 0) is 30.0 Å². The summed E-state index contributed by atoms with van der Waals surface area (Å²) in [6, 6.07) is 17.7. The van der Waals surface area contributed by atoms with Crippen LogP contribution in [0.1, 0.15) is 24.0 Å². The first-order chi connectivity index (χ1) is 13.2. The van der Waals surface area contributed by atoms with Gasteiger partial charge in [0.25, 0.3) is 5.91 Å². The molecule has 1 heterocycles. The highest BCUT2D eigenvalue weighted by Crippen LogP contribution is 2.21. The van der Waals surface area contributed by atoms with E-state index < -0.39 is 5.91 Å². The van der Waals surface area contributed by atoms with E-state index in [1.54, 1.807) is 0 Å². The van der Waals surface area contributed by atoms with E-state index in [1.165, 1.54) is 5.56 Å². The van der Waals surface area contributed by atoms with Crippen LogP contribution >= 0.6 is 0 Å². The second-order valence-corrected chi connectivity index (χ2v) is 6.48. The van der Waals surface area contributed by atoms with Crippen LogP contribution in [0.15, 0.2) is 54.6 Å². The van der Waals surface area contributed by atoms with Gasteiger partial charge in [0.15, 0.2) is 6.61 Å². The minimum atomic E-state index is -0.398. The zero-order valence-corrected chi connectivity index (χ0v) is 15.1. The molecule has 6 nitrogen and oxygen atoms in total. The first-order valence-electron chi connectivity index (χ1n) is 9.13. The number of nitrogens with one attached hydrogen (secondary N) is 2. The van der Waals surface area contributed by atoms with Gasteiger partial charge in [-0.1, -0.05) is 48.5 Å². The molecule has 1 aliphatic heterocycles. The van der Waals surface area contributed by atoms with Crippen molar-refractivity contribution in [3.8, 4) is 5.75 Å². The van der Waals surface area contributed by atoms with Gasteiger partial charge >= 0.3 is 0 Å². The van der Waals surface area contributed by atoms with Crippen molar-refractivity contribution in [3.05, 3.63) is 65.7 Å². The van der Waals surface area contributed by atoms with Crippen LogP contribution in [0.3, 0.4) is 0 Å². The third kappa shape index (κ3) is 5.82. The van der Waals surface area contributed by atoms with Gasteiger partial charge in [-0.3, -0.25) is 20.4 Å². The van der Waals surface area contributed by atoms with E-state index in [1.807, 2.05) is 42.5 Å². The summed E-state index contributed by atoms with van der Waals surface area (Å²) < 4.78 is 10.9. The van der Waals surface area contributed by atoms with Gasteiger partial charge in [0.2, 0.25) is 5.91 Å². The monoisotopic (exact) mass is 368 g/mol. The molecule has 0 saturated carbocycles. The molecule has 0 spiro atoms. The number of ether oxygens (including phenoxy) is 2. The Morgan fingerprint density at radius 1 is 0.963 bits per heavy atom. The minimum Gasteiger partial charge on any atom is -0.483 e. The molecule has 1 fully saturated rings. The maximum absolute atomic E-state index is 12.0. The van der Waals surface area contributed by atoms with E-state index in [2.05, 4.69) is 23.0 Å². The summed E-state index contributed by atoms with van der Waals surface area (Å²) in [4.78, 5) is 24.0. The fraction of sp³-hybridized carbons (Fsp3) is 0.333. The number of hydrazine groups is 1. The van der Waals surface area contributed by atoms with E-state index in [-0.39, 0.29) is 18.4 Å². The van der Waals surface area contributed by atoms with Crippen molar-refractivity contribution in [3.63, 3.8) is 0 Å². The van der Waals surface area contributed by atoms with Gasteiger partial charge in [-0.25, -0.2) is 0 Å². The smallest absolute Gasteiger partial charge is 0.276 e. The van der Waals surface area contributed by atoms with Crippen molar-refractivity contribution >= 4 is 11.8 Å². The van der Waals surface area contributed by atoms with Gasteiger partial charge in [0.1, 0.15) is 5.75 Å². The molecule has 0 radical (unpaired) electrons. The Bertz CT molecular complexity index is 758. The molecule has 3 rings (SSSR count). The third-order valence-electron chi connectivity index (χ3n) is 4.49. The molecule has 0 atom stereocenters. The van der Waals surface area contributed by atoms with E-state index in [0.717, 1.165) is 12.0 Å². The van der Waals surface area contributed by atoms with Crippen molar-refractivity contribution in [2.45, 2.75) is 19.3 Å². The Labute approximate surface area is 158 Å². The van der Waals surface area contributed by atoms with Crippen LogP contribution in [0.25, 0.3) is 0 Å². The number of carbonyl (C=O) groups excluding carboxylic acids is 2. The van der Waals surface area contributed by atoms with Crippen LogP contribution in [0.2, 0.25) is 0 Å². The zero-order valence-electron chi connectivity index (χ0n) is 15.1. The first-order valence-corrected chi connectivity index (χ1v) is 9.13. The lowest BCUT2D eigenvalue weighted by Gasteiger charge is -2.21. The summed E-state index contributed by atoms with van der Waals surface area (Å²) in [5.74, 6) is -0.0418. The predicted molar refractivity (Wildman–Crippen MR) is 101 cm³/mol. The lowest BCUT2D eigenvalue weighted by Crippen LogP contribution is -2.47. The lowest BCUT2D eigenvalue weighted by molar-refractivity contribution is -0.133. The van der Waals surface area contributed by atoms with Gasteiger partial charge in [0, 0.05) is 25.6 Å². The molecule has 0 aliphatic carbocycles. The Balaban J connectivity index is 1.48. The normalized spacial score (nSPS) is 14.4. The molecule has 27 heavy (non-hydrogen) atoms. The number of amides is 2. The van der Waals surface area contributed by atoms with Crippen LogP contribution in [-0.4, -0.2) is 31.6 Å². The fourth-order valence-electron chi connectivity index (χ4n) is 2.98. The summed E-state index contributed by atoms with van der Waals surface area (Å²) >= 11 is 0. The van der Waals surface area contributed by atoms with Crippen molar-refractivity contribution in [1.82, 2.24) is 10.9 Å². The number of rotatable bonds is 6. The Hall–Kier alpha value is -2.86. The quantitative estimate of drug-likeness (QED) is 0.767. The van der Waals surface area contributed by atoms with Gasteiger partial charge in [0.05, 0.1) is 0 Å². The van der Waals surface area contributed by atoms with Crippen LogP contribution in [0.5, 0.6) is 5.75 Å². The average Bonchev–Trinajstić information content (AvgIpc) is 2.73. The summed E-state index contributed by atoms with van der Waals surface area (Å²) in [6.07, 6.45) is 2.06. The molecular formula is C21H24N2O4. The molecule has 2 aromatic rings. The molecule has 6 heteroatoms. The molecule has 142 valence electrons. The van der Waals surface area contributed by atoms with Gasteiger partial charge in [-0.2, -0.15) is 0 Å². The molecule has 2 amide bonds. The summed E-state index contributed by atoms with van der Waals surface area (Å²) in [5.41, 5.74) is 7.05. The molecule has 2 aromatic carbocycles. The largest absolute Gasteiger partial charge is 0.483 e. The summed E-state index contributed by atoms with van der Waals surface area (Å²) in [5, 5.41) is 0. The number of benzene rings is 2. The van der Waals surface area contributed by atoms with Crippen molar-refractivity contribution in [2.24, 2.45) is 5.92 Å². The molecule has 2 N–H and O–H groups in total. The molecule has 0 unspecified atom stereocenters. The number of hydrogen-bond acceptors (Lipinski definition) is 4. The number of para-hydroxylation sites is 1. The SMILES string of the molecule is O=C(COc1ccccc1Cc1ccccc1)NNC(=O)C1CCOCC1. The van der Waals surface area contributed by atoms with E-state index >= 15 is 0 Å². The van der Waals surface area contributed by atoms with E-state index in [9.17, 15) is 9.59 Å². The summed E-state index contributed by atoms with van der Waals surface area (Å²) in [7, 11) is 0. The highest BCUT2D eigenvalue weighted by atomic mass is 16.5. The molecule has 1 saturated heterocycles. The molecule has 1 aliphatic rings. The maximum atomic E-state index is 12.0. The Morgan fingerprint density at radius 2 is 1.67 bits per heavy atom. The zero-order chi connectivity index (χ0) is 18.9. The fourth-order valence-corrected chi connectivity index (χ4v) is 2.98. The van der Waals surface area contributed by atoms with Crippen molar-refractivity contribution < 1.29 is 19.1 Å². The van der Waals surface area contributed by atoms with Gasteiger partial charge in [-0.15, -0.1) is 0 Å². The minimum absolute atomic E-state index is 0.119. The second kappa shape index (κ2) is 9.73. The predicted octanol–water partition coefficient (Wildman–Crippen LogP) is 2.23. The number of hydrogen-bond donors (Lipinski definition) is 2. The topological polar surface area (TPSA) is 76.7 Å². The van der Waals surface area contributed by atoms with E-state index in [4.69, 9.17) is 9.47 Å². The molecule has 0 bridgehead atoms. The second-order valence-electron chi connectivity index (χ2n) is 6.48. The third-order valence-corrected chi connectivity index (χ3v) is 4.49. The van der Waals surface area contributed by atoms with Gasteiger partial charge < -0.3 is 9.47 Å². The van der Waals surface area contributed by atoms with Crippen LogP contribution in [0, 0.1) is 5.92 Å². The highest BCUT2D eigenvalue weighted by molar-refractivity contribution is 5.84. The van der Waals surface area contributed by atoms with Crippen LogP contribution in [0.4, 0.5) is 0 Å². The first kappa shape index (κ1) is 18.9. The Morgan fingerprint density at radius 3 is 2.44 bits per heavy atom. The average molecular weight is 368 g/mol. The molecule has 0 aromatic heterocycles. The van der Waals surface area contributed by atoms with Crippen LogP contribution < -0.4 is 15.6 Å². The van der Waals surface area contributed by atoms with E-state index in [0.29, 0.717) is 31.8 Å². The lowest BCUT2D eigenvalue weighted by atomic mass is 10.00. The van der Waals surface area contributed by atoms with Crippen LogP contribution in [-0.2, 0) is 20.7 Å². The standard InChI is InChI=1S/C21H24N2O4/c24-20(22-23-21(25)17-10-12-26-13-11-17)15-27-19-9-5-4-8-18(19)14-16-6-2-1-3-7-16/h1-9,17H,10-15H2,(H,22,24)(H,23,25). The molecular weight excluding hydrogens is 344 g/mol. The highest BCUT2D eigenvalue weighted by Gasteiger charge is 2.21. The van der Waals surface area contributed by atoms with Crippen molar-refractivity contribution in [1.29, 1.82) is 0 Å². The summed E-state index contributed by atoms with van der Waals surface area (Å²) in [6.45, 7) is 0.987. The maximum Gasteiger partial charge on any atom is 0.276 e. The number of carbonyl (C=O) groups is 2.